The van der Waals surface area contributed by atoms with E-state index in [4.69, 9.17) is 13.8 Å². The van der Waals surface area contributed by atoms with Gasteiger partial charge in [0.15, 0.2) is 5.58 Å². The van der Waals surface area contributed by atoms with E-state index in [0.717, 1.165) is 77.9 Å². The van der Waals surface area contributed by atoms with Crippen molar-refractivity contribution in [3.63, 3.8) is 0 Å². The number of fused-ring (bicyclic) bond motifs is 5. The largest absolute Gasteiger partial charge is 0.455 e. The predicted octanol–water partition coefficient (Wildman–Crippen LogP) is 15.0. The number of para-hydroxylation sites is 2. The minimum atomic E-state index is 0.579. The Morgan fingerprint density at radius 1 is 0.386 bits per heavy atom. The van der Waals surface area contributed by atoms with Crippen LogP contribution in [0.1, 0.15) is 0 Å². The molecule has 0 fully saturated rings. The Bertz CT molecular complexity index is 3220. The van der Waals surface area contributed by atoms with Crippen LogP contribution in [0.2, 0.25) is 0 Å². The van der Waals surface area contributed by atoms with Gasteiger partial charge in [-0.05, 0) is 93.7 Å². The molecule has 0 bridgehead atoms. The third-order valence-electron chi connectivity index (χ3n) is 10.9. The van der Waals surface area contributed by atoms with Crippen molar-refractivity contribution < 1.29 is 8.83 Å². The lowest BCUT2D eigenvalue weighted by molar-refractivity contribution is 0.620. The molecular formula is C53H34N2O2. The fraction of sp³-hybridized carbons (Fsp3) is 0. The average molecular weight is 731 g/mol. The Morgan fingerprint density at radius 3 is 1.75 bits per heavy atom. The summed E-state index contributed by atoms with van der Waals surface area (Å²) in [5.41, 5.74) is 13.8. The molecule has 0 spiro atoms. The molecule has 0 aliphatic carbocycles. The van der Waals surface area contributed by atoms with Crippen LogP contribution >= 0.6 is 0 Å². The topological polar surface area (TPSA) is 42.4 Å². The van der Waals surface area contributed by atoms with Crippen molar-refractivity contribution in [3.8, 4) is 44.8 Å². The van der Waals surface area contributed by atoms with E-state index in [-0.39, 0.29) is 0 Å². The molecule has 0 amide bonds. The zero-order valence-electron chi connectivity index (χ0n) is 30.8. The minimum absolute atomic E-state index is 0.579. The van der Waals surface area contributed by atoms with Gasteiger partial charge in [0.1, 0.15) is 16.7 Å². The van der Waals surface area contributed by atoms with Gasteiger partial charge in [-0.15, -0.1) is 0 Å². The van der Waals surface area contributed by atoms with Crippen molar-refractivity contribution in [2.24, 2.45) is 0 Å². The van der Waals surface area contributed by atoms with E-state index in [1.54, 1.807) is 0 Å². The third kappa shape index (κ3) is 5.74. The van der Waals surface area contributed by atoms with E-state index in [1.807, 2.05) is 48.5 Å². The van der Waals surface area contributed by atoms with Gasteiger partial charge < -0.3 is 13.7 Å². The molecular weight excluding hydrogens is 697 g/mol. The van der Waals surface area contributed by atoms with E-state index >= 15 is 0 Å². The summed E-state index contributed by atoms with van der Waals surface area (Å²) >= 11 is 0. The summed E-state index contributed by atoms with van der Waals surface area (Å²) in [6, 6.07) is 72.3. The molecule has 268 valence electrons. The van der Waals surface area contributed by atoms with Crippen LogP contribution in [0.5, 0.6) is 0 Å². The van der Waals surface area contributed by atoms with Crippen LogP contribution in [0.3, 0.4) is 0 Å². The van der Waals surface area contributed by atoms with Gasteiger partial charge in [0, 0.05) is 33.3 Å². The average Bonchev–Trinajstić information content (AvgIpc) is 3.88. The SMILES string of the molecule is c1ccc(-c2ccc(N(c3ccc(-c4c5nc(-c6ccccc6)oc5cc5c4oc4ccccc45)cc3)c3ccccc3-c3ccc4ccccc4c3)cc2)cc1. The van der Waals surface area contributed by atoms with E-state index in [2.05, 4.69) is 163 Å². The second-order valence-electron chi connectivity index (χ2n) is 14.3. The summed E-state index contributed by atoms with van der Waals surface area (Å²) in [5.74, 6) is 0.579. The fourth-order valence-electron chi connectivity index (χ4n) is 8.12. The highest BCUT2D eigenvalue weighted by Crippen LogP contribution is 2.45. The lowest BCUT2D eigenvalue weighted by Gasteiger charge is -2.28. The lowest BCUT2D eigenvalue weighted by Crippen LogP contribution is -2.11. The normalized spacial score (nSPS) is 11.5. The van der Waals surface area contributed by atoms with Gasteiger partial charge in [0.2, 0.25) is 5.89 Å². The molecule has 11 aromatic rings. The van der Waals surface area contributed by atoms with Gasteiger partial charge in [0.05, 0.1) is 11.3 Å². The van der Waals surface area contributed by atoms with Gasteiger partial charge in [0.25, 0.3) is 0 Å². The zero-order valence-corrected chi connectivity index (χ0v) is 30.8. The molecule has 11 rings (SSSR count). The Balaban J connectivity index is 1.08. The van der Waals surface area contributed by atoms with E-state index in [0.29, 0.717) is 5.89 Å². The van der Waals surface area contributed by atoms with Crippen LogP contribution in [0.4, 0.5) is 17.1 Å². The van der Waals surface area contributed by atoms with E-state index < -0.39 is 0 Å². The third-order valence-corrected chi connectivity index (χ3v) is 10.9. The first-order valence-corrected chi connectivity index (χ1v) is 19.2. The van der Waals surface area contributed by atoms with Crippen molar-refractivity contribution >= 4 is 60.9 Å². The van der Waals surface area contributed by atoms with Gasteiger partial charge in [-0.3, -0.25) is 0 Å². The van der Waals surface area contributed by atoms with E-state index in [9.17, 15) is 0 Å². The summed E-state index contributed by atoms with van der Waals surface area (Å²) in [6.45, 7) is 0. The van der Waals surface area contributed by atoms with Crippen molar-refractivity contribution in [1.29, 1.82) is 0 Å². The van der Waals surface area contributed by atoms with Crippen LogP contribution in [0, 0.1) is 0 Å². The number of benzene rings is 9. The van der Waals surface area contributed by atoms with Crippen LogP contribution in [-0.4, -0.2) is 4.98 Å². The summed E-state index contributed by atoms with van der Waals surface area (Å²) in [4.78, 5) is 7.45. The zero-order chi connectivity index (χ0) is 37.7. The summed E-state index contributed by atoms with van der Waals surface area (Å²) < 4.78 is 13.1. The Labute approximate surface area is 329 Å². The summed E-state index contributed by atoms with van der Waals surface area (Å²) in [7, 11) is 0. The maximum Gasteiger partial charge on any atom is 0.227 e. The first kappa shape index (κ1) is 32.7. The predicted molar refractivity (Wildman–Crippen MR) is 235 cm³/mol. The van der Waals surface area contributed by atoms with Crippen LogP contribution in [0.25, 0.3) is 88.6 Å². The van der Waals surface area contributed by atoms with Gasteiger partial charge in [-0.1, -0.05) is 146 Å². The number of hydrogen-bond donors (Lipinski definition) is 0. The molecule has 0 N–H and O–H groups in total. The second kappa shape index (κ2) is 13.6. The molecule has 0 saturated carbocycles. The van der Waals surface area contributed by atoms with Crippen molar-refractivity contribution in [2.45, 2.75) is 0 Å². The molecule has 4 nitrogen and oxygen atoms in total. The molecule has 0 aliphatic heterocycles. The minimum Gasteiger partial charge on any atom is -0.455 e. The molecule has 2 aromatic heterocycles. The Morgan fingerprint density at radius 2 is 0.982 bits per heavy atom. The molecule has 0 unspecified atom stereocenters. The number of anilines is 3. The fourth-order valence-corrected chi connectivity index (χ4v) is 8.12. The van der Waals surface area contributed by atoms with Crippen LogP contribution < -0.4 is 4.90 Å². The van der Waals surface area contributed by atoms with Crippen molar-refractivity contribution in [2.75, 3.05) is 4.90 Å². The highest BCUT2D eigenvalue weighted by molar-refractivity contribution is 6.16. The highest BCUT2D eigenvalue weighted by atomic mass is 16.4. The standard InChI is InChI=1S/C53H34N2O2/c1-3-13-35(14-4-1)37-25-29-42(30-26-37)55(47-21-11-9-19-44(47)41-24-23-36-15-7-8-18-40(36)33-41)43-31-27-38(28-32-43)50-51-49(57-53(54-51)39-16-5-2-6-17-39)34-46-45-20-10-12-22-48(45)56-52(46)50/h1-34H. The number of rotatable bonds is 7. The molecule has 0 atom stereocenters. The number of furan rings is 1. The summed E-state index contributed by atoms with van der Waals surface area (Å²) in [6.07, 6.45) is 0. The van der Waals surface area contributed by atoms with Crippen LogP contribution in [-0.2, 0) is 0 Å². The van der Waals surface area contributed by atoms with Crippen molar-refractivity contribution in [1.82, 2.24) is 4.98 Å². The number of nitrogens with zero attached hydrogens (tertiary/aromatic N) is 2. The first-order valence-electron chi connectivity index (χ1n) is 19.2. The molecule has 9 aromatic carbocycles. The van der Waals surface area contributed by atoms with E-state index in [1.165, 1.54) is 21.9 Å². The second-order valence-corrected chi connectivity index (χ2v) is 14.3. The Hall–Kier alpha value is -7.69. The quantitative estimate of drug-likeness (QED) is 0.164. The monoisotopic (exact) mass is 730 g/mol. The molecule has 0 radical (unpaired) electrons. The molecule has 4 heteroatoms. The summed E-state index contributed by atoms with van der Waals surface area (Å²) in [5, 5.41) is 4.47. The lowest BCUT2D eigenvalue weighted by atomic mass is 9.97. The highest BCUT2D eigenvalue weighted by Gasteiger charge is 2.23. The van der Waals surface area contributed by atoms with Gasteiger partial charge in [-0.25, -0.2) is 4.98 Å². The van der Waals surface area contributed by atoms with Gasteiger partial charge >= 0.3 is 0 Å². The molecule has 57 heavy (non-hydrogen) atoms. The van der Waals surface area contributed by atoms with Gasteiger partial charge in [-0.2, -0.15) is 0 Å². The Kier molecular flexibility index (Phi) is 7.78. The molecule has 0 aliphatic rings. The first-order chi connectivity index (χ1) is 28.2. The maximum absolute atomic E-state index is 6.63. The van der Waals surface area contributed by atoms with Crippen molar-refractivity contribution in [3.05, 3.63) is 206 Å². The molecule has 2 heterocycles. The number of hydrogen-bond acceptors (Lipinski definition) is 4. The maximum atomic E-state index is 6.63. The van der Waals surface area contributed by atoms with Crippen LogP contribution in [0.15, 0.2) is 215 Å². The molecule has 0 saturated heterocycles. The number of aromatic nitrogens is 1. The smallest absolute Gasteiger partial charge is 0.227 e. The number of oxazole rings is 1.